The molecule has 0 spiro atoms. The molecular formula is C12H21N3O4S2. The Morgan fingerprint density at radius 1 is 1.52 bits per heavy atom. The van der Waals surface area contributed by atoms with E-state index in [4.69, 9.17) is 10.9 Å². The average Bonchev–Trinajstić information content (AvgIpc) is 2.45. The van der Waals surface area contributed by atoms with Crippen molar-refractivity contribution in [1.29, 1.82) is 0 Å². The number of carbonyl (C=O) groups excluding carboxylic acids is 1. The fraction of sp³-hybridized carbons (Fsp3) is 0.833. The molecule has 9 heteroatoms. The van der Waals surface area contributed by atoms with E-state index in [2.05, 4.69) is 5.16 Å². The molecule has 21 heavy (non-hydrogen) atoms. The van der Waals surface area contributed by atoms with Gasteiger partial charge in [-0.25, -0.2) is 8.42 Å². The third-order valence-electron chi connectivity index (χ3n) is 4.38. The van der Waals surface area contributed by atoms with Crippen molar-refractivity contribution in [3.8, 4) is 0 Å². The molecule has 1 aliphatic carbocycles. The van der Waals surface area contributed by atoms with Crippen LogP contribution in [0.15, 0.2) is 5.16 Å². The smallest absolute Gasteiger partial charge is 0.237 e. The summed E-state index contributed by atoms with van der Waals surface area (Å²) < 4.78 is 24.4. The summed E-state index contributed by atoms with van der Waals surface area (Å²) in [6.45, 7) is 1.97. The number of nitrogens with zero attached hydrogens (tertiary/aromatic N) is 2. The number of carbonyl (C=O) groups is 1. The first kappa shape index (κ1) is 16.4. The monoisotopic (exact) mass is 335 g/mol. The third-order valence-corrected chi connectivity index (χ3v) is 7.67. The first-order chi connectivity index (χ1) is 9.89. The van der Waals surface area contributed by atoms with Gasteiger partial charge < -0.3 is 15.8 Å². The Kier molecular flexibility index (Phi) is 4.72. The van der Waals surface area contributed by atoms with Crippen LogP contribution in [0.2, 0.25) is 0 Å². The number of nitrogens with two attached hydrogens (primary N) is 1. The number of rotatable bonds is 4. The summed E-state index contributed by atoms with van der Waals surface area (Å²) in [4.78, 5) is 14.3. The summed E-state index contributed by atoms with van der Waals surface area (Å²) in [5.74, 6) is 0.663. The van der Waals surface area contributed by atoms with Gasteiger partial charge in [-0.15, -0.1) is 0 Å². The lowest BCUT2D eigenvalue weighted by Crippen LogP contribution is -2.60. The predicted octanol–water partition coefficient (Wildman–Crippen LogP) is 0.239. The number of amides is 1. The maximum atomic E-state index is 12.9. The van der Waals surface area contributed by atoms with Crippen molar-refractivity contribution in [3.63, 3.8) is 0 Å². The van der Waals surface area contributed by atoms with Crippen LogP contribution in [0.25, 0.3) is 0 Å². The molecule has 120 valence electrons. The highest BCUT2D eigenvalue weighted by molar-refractivity contribution is 8.01. The summed E-state index contributed by atoms with van der Waals surface area (Å²) in [5.41, 5.74) is 4.69. The summed E-state index contributed by atoms with van der Waals surface area (Å²) in [7, 11) is -3.35. The van der Waals surface area contributed by atoms with Gasteiger partial charge in [0.1, 0.15) is 10.8 Å². The fourth-order valence-electron chi connectivity index (χ4n) is 2.78. The van der Waals surface area contributed by atoms with Gasteiger partial charge in [-0.1, -0.05) is 18.5 Å². The molecule has 1 saturated heterocycles. The topological polar surface area (TPSA) is 113 Å². The SMILES string of the molecule is CCS(=O)(=O)C1CSCCN1C(=O)C1(C(N)=NO)CCC1. The molecule has 1 amide bonds. The number of sulfone groups is 1. The van der Waals surface area contributed by atoms with Crippen LogP contribution < -0.4 is 5.73 Å². The van der Waals surface area contributed by atoms with Gasteiger partial charge in [0.2, 0.25) is 5.91 Å². The normalized spacial score (nSPS) is 26.2. The molecule has 2 fully saturated rings. The number of thioether (sulfide) groups is 1. The molecule has 7 nitrogen and oxygen atoms in total. The number of amidine groups is 1. The van der Waals surface area contributed by atoms with Crippen LogP contribution in [0.4, 0.5) is 0 Å². The minimum Gasteiger partial charge on any atom is -0.409 e. The summed E-state index contributed by atoms with van der Waals surface area (Å²) >= 11 is 1.53. The molecule has 0 radical (unpaired) electrons. The molecule has 0 aromatic heterocycles. The van der Waals surface area contributed by atoms with Crippen LogP contribution in [-0.4, -0.2) is 59.4 Å². The van der Waals surface area contributed by atoms with Gasteiger partial charge in [-0.3, -0.25) is 4.79 Å². The Hall–Kier alpha value is -0.960. The van der Waals surface area contributed by atoms with Gasteiger partial charge in [0.05, 0.1) is 0 Å². The van der Waals surface area contributed by atoms with Gasteiger partial charge in [0.15, 0.2) is 15.7 Å². The summed E-state index contributed by atoms with van der Waals surface area (Å²) in [5, 5.41) is 11.1. The van der Waals surface area contributed by atoms with Gasteiger partial charge in [0.25, 0.3) is 0 Å². The minimum absolute atomic E-state index is 0.00141. The molecular weight excluding hydrogens is 314 g/mol. The quantitative estimate of drug-likeness (QED) is 0.329. The lowest BCUT2D eigenvalue weighted by atomic mass is 9.67. The van der Waals surface area contributed by atoms with E-state index >= 15 is 0 Å². The van der Waals surface area contributed by atoms with Crippen molar-refractivity contribution in [2.45, 2.75) is 31.6 Å². The second-order valence-electron chi connectivity index (χ2n) is 5.40. The fourth-order valence-corrected chi connectivity index (χ4v) is 5.75. The van der Waals surface area contributed by atoms with Crippen molar-refractivity contribution in [2.75, 3.05) is 23.8 Å². The number of hydrogen-bond acceptors (Lipinski definition) is 6. The van der Waals surface area contributed by atoms with Gasteiger partial charge >= 0.3 is 0 Å². The largest absolute Gasteiger partial charge is 0.409 e. The summed E-state index contributed by atoms with van der Waals surface area (Å²) in [6, 6.07) is 0. The Morgan fingerprint density at radius 2 is 2.19 bits per heavy atom. The highest BCUT2D eigenvalue weighted by Gasteiger charge is 2.52. The second kappa shape index (κ2) is 6.04. The first-order valence-corrected chi connectivity index (χ1v) is 9.84. The van der Waals surface area contributed by atoms with Crippen molar-refractivity contribution >= 4 is 33.3 Å². The van der Waals surface area contributed by atoms with Crippen LogP contribution in [0.1, 0.15) is 26.2 Å². The molecule has 3 N–H and O–H groups in total. The zero-order valence-electron chi connectivity index (χ0n) is 12.0. The van der Waals surface area contributed by atoms with E-state index in [9.17, 15) is 13.2 Å². The Morgan fingerprint density at radius 3 is 2.67 bits per heavy atom. The Labute approximate surface area is 128 Å². The molecule has 0 aromatic carbocycles. The highest BCUT2D eigenvalue weighted by atomic mass is 32.2. The Bertz CT molecular complexity index is 543. The lowest BCUT2D eigenvalue weighted by Gasteiger charge is -2.45. The van der Waals surface area contributed by atoms with E-state index in [0.717, 1.165) is 6.42 Å². The van der Waals surface area contributed by atoms with Gasteiger partial charge in [-0.2, -0.15) is 11.8 Å². The van der Waals surface area contributed by atoms with E-state index in [1.165, 1.54) is 16.7 Å². The standard InChI is InChI=1S/C12H21N3O4S2/c1-2-21(18,19)9-8-20-7-6-15(9)11(16)12(4-3-5-12)10(13)14-17/h9,17H,2-8H2,1H3,(H2,13,14). The summed E-state index contributed by atoms with van der Waals surface area (Å²) in [6.07, 6.45) is 1.82. The third kappa shape index (κ3) is 2.73. The maximum absolute atomic E-state index is 12.9. The van der Waals surface area contributed by atoms with Crippen LogP contribution in [-0.2, 0) is 14.6 Å². The maximum Gasteiger partial charge on any atom is 0.237 e. The Balaban J connectivity index is 2.31. The van der Waals surface area contributed by atoms with Crippen molar-refractivity contribution in [2.24, 2.45) is 16.3 Å². The van der Waals surface area contributed by atoms with Crippen LogP contribution in [0, 0.1) is 5.41 Å². The molecule has 1 aliphatic heterocycles. The molecule has 2 aliphatic rings. The average molecular weight is 335 g/mol. The minimum atomic E-state index is -3.35. The number of hydrogen-bond donors (Lipinski definition) is 2. The van der Waals surface area contributed by atoms with Crippen LogP contribution in [0.5, 0.6) is 0 Å². The van der Waals surface area contributed by atoms with Gasteiger partial charge in [-0.05, 0) is 12.8 Å². The van der Waals surface area contributed by atoms with E-state index in [1.807, 2.05) is 0 Å². The number of oxime groups is 1. The molecule has 1 unspecified atom stereocenters. The van der Waals surface area contributed by atoms with Crippen molar-refractivity contribution in [3.05, 3.63) is 0 Å². The molecule has 0 bridgehead atoms. The second-order valence-corrected chi connectivity index (χ2v) is 9.00. The molecule has 1 atom stereocenters. The predicted molar refractivity (Wildman–Crippen MR) is 82.0 cm³/mol. The molecule has 2 rings (SSSR count). The first-order valence-electron chi connectivity index (χ1n) is 6.97. The molecule has 1 heterocycles. The van der Waals surface area contributed by atoms with Crippen LogP contribution in [0.3, 0.4) is 0 Å². The molecule has 1 saturated carbocycles. The van der Waals surface area contributed by atoms with Gasteiger partial charge in [0, 0.05) is 23.8 Å². The van der Waals surface area contributed by atoms with E-state index in [1.54, 1.807) is 6.92 Å². The highest BCUT2D eigenvalue weighted by Crippen LogP contribution is 2.44. The van der Waals surface area contributed by atoms with E-state index in [-0.39, 0.29) is 17.5 Å². The zero-order valence-corrected chi connectivity index (χ0v) is 13.6. The lowest BCUT2D eigenvalue weighted by molar-refractivity contribution is -0.142. The zero-order chi connectivity index (χ0) is 15.7. The van der Waals surface area contributed by atoms with E-state index in [0.29, 0.717) is 30.9 Å². The van der Waals surface area contributed by atoms with E-state index < -0.39 is 20.6 Å². The van der Waals surface area contributed by atoms with Crippen molar-refractivity contribution < 1.29 is 18.4 Å². The molecule has 0 aromatic rings. The van der Waals surface area contributed by atoms with Crippen LogP contribution >= 0.6 is 11.8 Å². The van der Waals surface area contributed by atoms with Crippen molar-refractivity contribution in [1.82, 2.24) is 4.90 Å².